The van der Waals surface area contributed by atoms with E-state index in [-0.39, 0.29) is 24.2 Å². The smallest absolute Gasteiger partial charge is 0.247 e. The van der Waals surface area contributed by atoms with Crippen molar-refractivity contribution in [3.63, 3.8) is 0 Å². The summed E-state index contributed by atoms with van der Waals surface area (Å²) in [6.45, 7) is 2.01. The molecule has 1 N–H and O–H groups in total. The molecule has 1 unspecified atom stereocenters. The molecule has 5 nitrogen and oxygen atoms in total. The highest BCUT2D eigenvalue weighted by molar-refractivity contribution is 5.77. The molecular formula is C25H22FN3O2. The lowest BCUT2D eigenvalue weighted by Gasteiger charge is -2.20. The molecule has 1 aromatic heterocycles. The van der Waals surface area contributed by atoms with Crippen LogP contribution in [0.4, 0.5) is 4.39 Å². The Morgan fingerprint density at radius 3 is 2.32 bits per heavy atom. The number of aromatic nitrogens is 2. The maximum absolute atomic E-state index is 13.4. The Bertz CT molecular complexity index is 1140. The van der Waals surface area contributed by atoms with Crippen molar-refractivity contribution in [3.05, 3.63) is 107 Å². The van der Waals surface area contributed by atoms with Crippen molar-refractivity contribution < 1.29 is 13.6 Å². The number of aryl methyl sites for hydroxylation is 2. The number of halogens is 1. The average molecular weight is 415 g/mol. The summed E-state index contributed by atoms with van der Waals surface area (Å²) in [6, 6.07) is 23.2. The van der Waals surface area contributed by atoms with Gasteiger partial charge in [0.05, 0.1) is 6.04 Å². The molecule has 0 bridgehead atoms. The predicted octanol–water partition coefficient (Wildman–Crippen LogP) is 5.02. The SMILES string of the molecule is Cc1ccc(-c2nnc(CCC(=O)NC(c3ccccc3)c3ccc(F)cc3)o2)cc1. The first-order valence-corrected chi connectivity index (χ1v) is 10.1. The fourth-order valence-electron chi connectivity index (χ4n) is 3.28. The maximum Gasteiger partial charge on any atom is 0.247 e. The summed E-state index contributed by atoms with van der Waals surface area (Å²) in [4.78, 5) is 12.7. The number of hydrogen-bond donors (Lipinski definition) is 1. The highest BCUT2D eigenvalue weighted by atomic mass is 19.1. The van der Waals surface area contributed by atoms with Gasteiger partial charge in [-0.05, 0) is 42.3 Å². The second kappa shape index (κ2) is 9.34. The molecule has 0 aliphatic rings. The van der Waals surface area contributed by atoms with E-state index in [4.69, 9.17) is 4.42 Å². The van der Waals surface area contributed by atoms with Crippen molar-refractivity contribution in [2.45, 2.75) is 25.8 Å². The number of nitrogens with zero attached hydrogens (tertiary/aromatic N) is 2. The first-order chi connectivity index (χ1) is 15.1. The topological polar surface area (TPSA) is 68.0 Å². The highest BCUT2D eigenvalue weighted by Gasteiger charge is 2.18. The summed E-state index contributed by atoms with van der Waals surface area (Å²) in [5, 5.41) is 11.2. The number of benzene rings is 3. The molecule has 31 heavy (non-hydrogen) atoms. The Morgan fingerprint density at radius 2 is 1.61 bits per heavy atom. The molecule has 0 fully saturated rings. The van der Waals surface area contributed by atoms with E-state index in [0.717, 1.165) is 22.3 Å². The molecule has 156 valence electrons. The summed E-state index contributed by atoms with van der Waals surface area (Å²) in [7, 11) is 0. The Morgan fingerprint density at radius 1 is 0.935 bits per heavy atom. The van der Waals surface area contributed by atoms with Gasteiger partial charge in [0.25, 0.3) is 0 Å². The van der Waals surface area contributed by atoms with Crippen LogP contribution in [0.3, 0.4) is 0 Å². The predicted molar refractivity (Wildman–Crippen MR) is 116 cm³/mol. The standard InChI is InChI=1S/C25H22FN3O2/c1-17-7-9-20(10-8-17)25-29-28-23(31-25)16-15-22(30)27-24(18-5-3-2-4-6-18)19-11-13-21(26)14-12-19/h2-14,24H,15-16H2,1H3,(H,27,30). The van der Waals surface area contributed by atoms with Crippen molar-refractivity contribution >= 4 is 5.91 Å². The van der Waals surface area contributed by atoms with E-state index >= 15 is 0 Å². The first kappa shape index (κ1) is 20.5. The van der Waals surface area contributed by atoms with Crippen LogP contribution in [0.2, 0.25) is 0 Å². The average Bonchev–Trinajstić information content (AvgIpc) is 3.27. The van der Waals surface area contributed by atoms with Gasteiger partial charge in [-0.15, -0.1) is 10.2 Å². The molecular weight excluding hydrogens is 393 g/mol. The van der Waals surface area contributed by atoms with E-state index in [0.29, 0.717) is 18.2 Å². The zero-order chi connectivity index (χ0) is 21.6. The summed E-state index contributed by atoms with van der Waals surface area (Å²) in [5.41, 5.74) is 3.71. The number of amides is 1. The van der Waals surface area contributed by atoms with E-state index in [9.17, 15) is 9.18 Å². The lowest BCUT2D eigenvalue weighted by Crippen LogP contribution is -2.29. The maximum atomic E-state index is 13.4. The Kier molecular flexibility index (Phi) is 6.17. The van der Waals surface area contributed by atoms with Crippen LogP contribution in [0.15, 0.2) is 83.3 Å². The molecule has 0 radical (unpaired) electrons. The monoisotopic (exact) mass is 415 g/mol. The summed E-state index contributed by atoms with van der Waals surface area (Å²) < 4.78 is 19.1. The molecule has 0 saturated heterocycles. The number of carbonyl (C=O) groups excluding carboxylic acids is 1. The Labute approximate surface area is 180 Å². The van der Waals surface area contributed by atoms with Gasteiger partial charge in [-0.2, -0.15) is 0 Å². The number of carbonyl (C=O) groups is 1. The largest absolute Gasteiger partial charge is 0.421 e. The minimum atomic E-state index is -0.375. The number of nitrogens with one attached hydrogen (secondary N) is 1. The van der Waals surface area contributed by atoms with Crippen molar-refractivity contribution in [1.29, 1.82) is 0 Å². The first-order valence-electron chi connectivity index (χ1n) is 10.1. The van der Waals surface area contributed by atoms with E-state index in [1.807, 2.05) is 61.5 Å². The van der Waals surface area contributed by atoms with E-state index in [1.54, 1.807) is 12.1 Å². The Hall–Kier alpha value is -3.80. The third kappa shape index (κ3) is 5.22. The molecule has 1 amide bonds. The molecule has 0 aliphatic carbocycles. The third-order valence-corrected chi connectivity index (χ3v) is 4.97. The minimum Gasteiger partial charge on any atom is -0.421 e. The van der Waals surface area contributed by atoms with Gasteiger partial charge in [0, 0.05) is 18.4 Å². The van der Waals surface area contributed by atoms with Crippen molar-refractivity contribution in [2.75, 3.05) is 0 Å². The van der Waals surface area contributed by atoms with E-state index in [1.165, 1.54) is 12.1 Å². The van der Waals surface area contributed by atoms with Gasteiger partial charge in [-0.1, -0.05) is 60.2 Å². The summed E-state index contributed by atoms with van der Waals surface area (Å²) >= 11 is 0. The van der Waals surface area contributed by atoms with Gasteiger partial charge in [-0.3, -0.25) is 4.79 Å². The van der Waals surface area contributed by atoms with Gasteiger partial charge >= 0.3 is 0 Å². The number of hydrogen-bond acceptors (Lipinski definition) is 4. The second-order valence-corrected chi connectivity index (χ2v) is 7.33. The zero-order valence-corrected chi connectivity index (χ0v) is 17.1. The van der Waals surface area contributed by atoms with Crippen LogP contribution in [0.1, 0.15) is 35.0 Å². The molecule has 3 aromatic carbocycles. The van der Waals surface area contributed by atoms with Crippen LogP contribution in [-0.4, -0.2) is 16.1 Å². The van der Waals surface area contributed by atoms with Gasteiger partial charge in [-0.25, -0.2) is 4.39 Å². The molecule has 4 aromatic rings. The van der Waals surface area contributed by atoms with Crippen molar-refractivity contribution in [3.8, 4) is 11.5 Å². The fraction of sp³-hybridized carbons (Fsp3) is 0.160. The van der Waals surface area contributed by atoms with Gasteiger partial charge < -0.3 is 9.73 Å². The fourth-order valence-corrected chi connectivity index (χ4v) is 3.28. The minimum absolute atomic E-state index is 0.159. The van der Waals surface area contributed by atoms with E-state index in [2.05, 4.69) is 15.5 Å². The summed E-state index contributed by atoms with van der Waals surface area (Å²) in [5.74, 6) is 0.364. The normalized spacial score (nSPS) is 11.8. The van der Waals surface area contributed by atoms with Crippen LogP contribution in [0, 0.1) is 12.7 Å². The quantitative estimate of drug-likeness (QED) is 0.460. The molecule has 4 rings (SSSR count). The van der Waals surface area contributed by atoms with E-state index < -0.39 is 0 Å². The summed E-state index contributed by atoms with van der Waals surface area (Å²) in [6.07, 6.45) is 0.523. The van der Waals surface area contributed by atoms with Crippen LogP contribution in [0.5, 0.6) is 0 Å². The van der Waals surface area contributed by atoms with Gasteiger partial charge in [0.2, 0.25) is 17.7 Å². The number of rotatable bonds is 7. The molecule has 1 heterocycles. The van der Waals surface area contributed by atoms with Crippen LogP contribution in [0.25, 0.3) is 11.5 Å². The van der Waals surface area contributed by atoms with Crippen molar-refractivity contribution in [1.82, 2.24) is 15.5 Å². The molecule has 0 aliphatic heterocycles. The van der Waals surface area contributed by atoms with Crippen LogP contribution >= 0.6 is 0 Å². The molecule has 6 heteroatoms. The lowest BCUT2D eigenvalue weighted by molar-refractivity contribution is -0.121. The zero-order valence-electron chi connectivity index (χ0n) is 17.1. The Balaban J connectivity index is 1.42. The van der Waals surface area contributed by atoms with Gasteiger partial charge in [0.1, 0.15) is 5.82 Å². The highest BCUT2D eigenvalue weighted by Crippen LogP contribution is 2.23. The van der Waals surface area contributed by atoms with Crippen LogP contribution < -0.4 is 5.32 Å². The molecule has 1 atom stereocenters. The van der Waals surface area contributed by atoms with Crippen LogP contribution in [-0.2, 0) is 11.2 Å². The van der Waals surface area contributed by atoms with Crippen molar-refractivity contribution in [2.24, 2.45) is 0 Å². The third-order valence-electron chi connectivity index (χ3n) is 4.97. The second-order valence-electron chi connectivity index (χ2n) is 7.33. The molecule has 0 spiro atoms. The lowest BCUT2D eigenvalue weighted by atomic mass is 9.98. The molecule has 0 saturated carbocycles. The van der Waals surface area contributed by atoms with Gasteiger partial charge in [0.15, 0.2) is 0 Å².